The molecule has 2 aromatic rings. The lowest BCUT2D eigenvalue weighted by molar-refractivity contribution is -0.146. The standard InChI is InChI=1S/C16H13ClN2O3S2/c17-11-4-3-10(24-11)9-6-23-16(18-9)19-14(20)12-7-1-2-8(5-7)13(12)15(21)22/h1-4,6-8,12-13H,5H2,(H,21,22)(H,18,19,20)/t7-,8+,12-,13+/m0/s1. The number of carboxylic acid groups (broad SMARTS) is 1. The Balaban J connectivity index is 1.51. The van der Waals surface area contributed by atoms with Crippen LogP contribution in [0.2, 0.25) is 4.34 Å². The van der Waals surface area contributed by atoms with Gasteiger partial charge in [-0.05, 0) is 30.4 Å². The molecule has 2 aliphatic rings. The largest absolute Gasteiger partial charge is 0.481 e. The molecule has 24 heavy (non-hydrogen) atoms. The Labute approximate surface area is 151 Å². The highest BCUT2D eigenvalue weighted by atomic mass is 35.5. The fourth-order valence-electron chi connectivity index (χ4n) is 3.60. The van der Waals surface area contributed by atoms with Gasteiger partial charge in [0.05, 0.1) is 26.7 Å². The van der Waals surface area contributed by atoms with Crippen molar-refractivity contribution in [2.45, 2.75) is 6.42 Å². The molecular formula is C16H13ClN2O3S2. The molecule has 2 aromatic heterocycles. The Bertz CT molecular complexity index is 844. The number of anilines is 1. The predicted octanol–water partition coefficient (Wildman–Crippen LogP) is 3.99. The molecule has 0 saturated heterocycles. The lowest BCUT2D eigenvalue weighted by atomic mass is 9.82. The van der Waals surface area contributed by atoms with Crippen molar-refractivity contribution in [2.24, 2.45) is 23.7 Å². The van der Waals surface area contributed by atoms with E-state index in [0.29, 0.717) is 9.47 Å². The first-order chi connectivity index (χ1) is 11.5. The van der Waals surface area contributed by atoms with E-state index in [9.17, 15) is 14.7 Å². The average Bonchev–Trinajstić information content (AvgIpc) is 3.29. The minimum Gasteiger partial charge on any atom is -0.481 e. The predicted molar refractivity (Wildman–Crippen MR) is 94.4 cm³/mol. The number of carbonyl (C=O) groups excluding carboxylic acids is 1. The van der Waals surface area contributed by atoms with Crippen LogP contribution in [0.3, 0.4) is 0 Å². The zero-order valence-electron chi connectivity index (χ0n) is 12.3. The first kappa shape index (κ1) is 15.8. The number of nitrogens with one attached hydrogen (secondary N) is 1. The number of hydrogen-bond acceptors (Lipinski definition) is 5. The summed E-state index contributed by atoms with van der Waals surface area (Å²) in [7, 11) is 0. The number of thiophene rings is 1. The van der Waals surface area contributed by atoms with Gasteiger partial charge >= 0.3 is 5.97 Å². The summed E-state index contributed by atoms with van der Waals surface area (Å²) in [6.45, 7) is 0. The van der Waals surface area contributed by atoms with Crippen molar-refractivity contribution in [1.82, 2.24) is 4.98 Å². The summed E-state index contributed by atoms with van der Waals surface area (Å²) in [6, 6.07) is 3.69. The van der Waals surface area contributed by atoms with E-state index in [1.54, 1.807) is 6.07 Å². The van der Waals surface area contributed by atoms with Crippen LogP contribution >= 0.6 is 34.3 Å². The minimum absolute atomic E-state index is 0.00614. The molecule has 1 saturated carbocycles. The van der Waals surface area contributed by atoms with Crippen molar-refractivity contribution in [3.05, 3.63) is 34.0 Å². The summed E-state index contributed by atoms with van der Waals surface area (Å²) >= 11 is 8.68. The summed E-state index contributed by atoms with van der Waals surface area (Å²) in [6.07, 6.45) is 4.64. The molecule has 1 fully saturated rings. The number of halogens is 1. The highest BCUT2D eigenvalue weighted by Gasteiger charge is 2.51. The van der Waals surface area contributed by atoms with Crippen molar-refractivity contribution < 1.29 is 14.7 Å². The van der Waals surface area contributed by atoms with Crippen LogP contribution in [-0.4, -0.2) is 22.0 Å². The van der Waals surface area contributed by atoms with Gasteiger partial charge in [0.15, 0.2) is 5.13 Å². The van der Waals surface area contributed by atoms with Crippen LogP contribution in [0.5, 0.6) is 0 Å². The monoisotopic (exact) mass is 380 g/mol. The molecule has 124 valence electrons. The maximum atomic E-state index is 12.6. The van der Waals surface area contributed by atoms with Crippen LogP contribution in [0.25, 0.3) is 10.6 Å². The number of hydrogen-bond donors (Lipinski definition) is 2. The van der Waals surface area contributed by atoms with Crippen molar-refractivity contribution in [3.63, 3.8) is 0 Å². The Morgan fingerprint density at radius 3 is 2.67 bits per heavy atom. The number of nitrogens with zero attached hydrogens (tertiary/aromatic N) is 1. The van der Waals surface area contributed by atoms with Crippen LogP contribution in [0.4, 0.5) is 5.13 Å². The highest BCUT2D eigenvalue weighted by molar-refractivity contribution is 7.20. The lowest BCUT2D eigenvalue weighted by Crippen LogP contribution is -2.36. The third-order valence-electron chi connectivity index (χ3n) is 4.61. The maximum absolute atomic E-state index is 12.6. The summed E-state index contributed by atoms with van der Waals surface area (Å²) in [5, 5.41) is 14.6. The van der Waals surface area contributed by atoms with E-state index in [1.165, 1.54) is 22.7 Å². The van der Waals surface area contributed by atoms with Crippen LogP contribution < -0.4 is 5.32 Å². The second-order valence-electron chi connectivity index (χ2n) is 5.97. The summed E-state index contributed by atoms with van der Waals surface area (Å²) < 4.78 is 0.682. The van der Waals surface area contributed by atoms with E-state index in [-0.39, 0.29) is 17.7 Å². The van der Waals surface area contributed by atoms with Crippen molar-refractivity contribution >= 4 is 51.3 Å². The number of thiazole rings is 1. The number of amides is 1. The maximum Gasteiger partial charge on any atom is 0.307 e. The fourth-order valence-corrected chi connectivity index (χ4v) is 5.39. The SMILES string of the molecule is O=C(Nc1nc(-c2ccc(Cl)s2)cs1)[C@@H]1[C@H](C(=O)O)[C@@H]2C=C[C@H]1C2. The zero-order valence-corrected chi connectivity index (χ0v) is 14.7. The molecule has 0 aromatic carbocycles. The number of fused-ring (bicyclic) bond motifs is 2. The fraction of sp³-hybridized carbons (Fsp3) is 0.312. The minimum atomic E-state index is -0.903. The van der Waals surface area contributed by atoms with Gasteiger partial charge in [-0.2, -0.15) is 0 Å². The molecule has 2 aliphatic carbocycles. The molecule has 0 unspecified atom stereocenters. The van der Waals surface area contributed by atoms with Gasteiger partial charge in [-0.25, -0.2) is 4.98 Å². The second kappa shape index (κ2) is 5.98. The Kier molecular flexibility index (Phi) is 3.94. The van der Waals surface area contributed by atoms with Crippen LogP contribution in [-0.2, 0) is 9.59 Å². The van der Waals surface area contributed by atoms with Crippen molar-refractivity contribution in [2.75, 3.05) is 5.32 Å². The van der Waals surface area contributed by atoms with E-state index in [2.05, 4.69) is 10.3 Å². The molecule has 8 heteroatoms. The van der Waals surface area contributed by atoms with E-state index in [4.69, 9.17) is 11.6 Å². The zero-order chi connectivity index (χ0) is 16.8. The lowest BCUT2D eigenvalue weighted by Gasteiger charge is -2.23. The van der Waals surface area contributed by atoms with E-state index in [1.807, 2.05) is 23.6 Å². The van der Waals surface area contributed by atoms with Gasteiger partial charge in [0, 0.05) is 5.38 Å². The van der Waals surface area contributed by atoms with Gasteiger partial charge in [0.25, 0.3) is 0 Å². The van der Waals surface area contributed by atoms with E-state index in [0.717, 1.165) is 17.0 Å². The number of allylic oxidation sites excluding steroid dienone is 2. The molecular weight excluding hydrogens is 368 g/mol. The first-order valence-corrected chi connectivity index (χ1v) is 9.53. The molecule has 2 heterocycles. The molecule has 2 N–H and O–H groups in total. The number of carboxylic acids is 1. The third kappa shape index (κ3) is 2.66. The summed E-state index contributed by atoms with van der Waals surface area (Å²) in [4.78, 5) is 29.5. The van der Waals surface area contributed by atoms with Gasteiger partial charge < -0.3 is 10.4 Å². The highest BCUT2D eigenvalue weighted by Crippen LogP contribution is 2.48. The Hall–Kier alpha value is -1.70. The Morgan fingerprint density at radius 2 is 2.00 bits per heavy atom. The Morgan fingerprint density at radius 1 is 1.25 bits per heavy atom. The van der Waals surface area contributed by atoms with Gasteiger partial charge in [-0.1, -0.05) is 23.8 Å². The molecule has 1 amide bonds. The number of rotatable bonds is 4. The van der Waals surface area contributed by atoms with Crippen LogP contribution in [0.1, 0.15) is 6.42 Å². The topological polar surface area (TPSA) is 79.3 Å². The number of aliphatic carboxylic acids is 1. The van der Waals surface area contributed by atoms with Gasteiger partial charge in [-0.3, -0.25) is 9.59 Å². The van der Waals surface area contributed by atoms with Gasteiger partial charge in [0.2, 0.25) is 5.91 Å². The molecule has 4 atom stereocenters. The van der Waals surface area contributed by atoms with E-state index >= 15 is 0 Å². The smallest absolute Gasteiger partial charge is 0.307 e. The van der Waals surface area contributed by atoms with Crippen molar-refractivity contribution in [3.8, 4) is 10.6 Å². The number of aromatic nitrogens is 1. The molecule has 0 aliphatic heterocycles. The van der Waals surface area contributed by atoms with Gasteiger partial charge in [0.1, 0.15) is 0 Å². The first-order valence-electron chi connectivity index (χ1n) is 7.46. The van der Waals surface area contributed by atoms with E-state index < -0.39 is 17.8 Å². The number of carbonyl (C=O) groups is 2. The quantitative estimate of drug-likeness (QED) is 0.786. The van der Waals surface area contributed by atoms with Crippen molar-refractivity contribution in [1.29, 1.82) is 0 Å². The third-order valence-corrected chi connectivity index (χ3v) is 6.62. The molecule has 4 rings (SSSR count). The van der Waals surface area contributed by atoms with Crippen LogP contribution in [0.15, 0.2) is 29.7 Å². The molecule has 0 spiro atoms. The second-order valence-corrected chi connectivity index (χ2v) is 8.54. The molecule has 5 nitrogen and oxygen atoms in total. The average molecular weight is 381 g/mol. The molecule has 2 bridgehead atoms. The summed E-state index contributed by atoms with van der Waals surface area (Å²) in [5.41, 5.74) is 0.759. The molecule has 0 radical (unpaired) electrons. The normalized spacial score (nSPS) is 27.5. The summed E-state index contributed by atoms with van der Waals surface area (Å²) in [5.74, 6) is -2.36. The van der Waals surface area contributed by atoms with Crippen LogP contribution in [0, 0.1) is 23.7 Å². The van der Waals surface area contributed by atoms with Gasteiger partial charge in [-0.15, -0.1) is 22.7 Å².